The summed E-state index contributed by atoms with van der Waals surface area (Å²) in [5.41, 5.74) is -0.0556. The third kappa shape index (κ3) is 1.66. The van der Waals surface area contributed by atoms with Crippen molar-refractivity contribution in [2.45, 2.75) is 20.3 Å². The molecular formula is C7H14O. The first-order valence-electron chi connectivity index (χ1n) is 2.93. The number of hydrogen-bond donors (Lipinski definition) is 1. The molecular weight excluding hydrogens is 100 g/mol. The van der Waals surface area contributed by atoms with Crippen molar-refractivity contribution in [3.63, 3.8) is 0 Å². The number of rotatable bonds is 3. The van der Waals surface area contributed by atoms with Gasteiger partial charge < -0.3 is 5.11 Å². The molecule has 0 bridgehead atoms. The molecule has 0 aromatic heterocycles. The Kier molecular flexibility index (Phi) is 2.77. The fraction of sp³-hybridized carbons (Fsp3) is 0.714. The highest BCUT2D eigenvalue weighted by Crippen LogP contribution is 2.19. The van der Waals surface area contributed by atoms with Crippen molar-refractivity contribution >= 4 is 0 Å². The summed E-state index contributed by atoms with van der Waals surface area (Å²) in [6, 6.07) is 0. The minimum absolute atomic E-state index is 0.0556. The van der Waals surface area contributed by atoms with E-state index in [4.69, 9.17) is 5.11 Å². The molecule has 1 nitrogen and oxygen atoms in total. The molecule has 0 heterocycles. The van der Waals surface area contributed by atoms with Gasteiger partial charge in [0.15, 0.2) is 0 Å². The Hall–Kier alpha value is -0.300. The Labute approximate surface area is 51.0 Å². The Balaban J connectivity index is 3.76. The lowest BCUT2D eigenvalue weighted by molar-refractivity contribution is 0.181. The van der Waals surface area contributed by atoms with E-state index in [1.807, 2.05) is 13.8 Å². The first kappa shape index (κ1) is 7.70. The van der Waals surface area contributed by atoms with Crippen LogP contribution in [0.1, 0.15) is 20.3 Å². The molecule has 0 aromatic carbocycles. The highest BCUT2D eigenvalue weighted by Gasteiger charge is 2.14. The molecule has 0 radical (unpaired) electrons. The molecule has 0 saturated carbocycles. The van der Waals surface area contributed by atoms with Crippen LogP contribution >= 0.6 is 0 Å². The normalized spacial score (nSPS) is 17.4. The van der Waals surface area contributed by atoms with Gasteiger partial charge in [-0.25, -0.2) is 0 Å². The predicted molar refractivity (Wildman–Crippen MR) is 35.7 cm³/mol. The summed E-state index contributed by atoms with van der Waals surface area (Å²) in [4.78, 5) is 0. The highest BCUT2D eigenvalue weighted by molar-refractivity contribution is 4.89. The topological polar surface area (TPSA) is 20.2 Å². The molecule has 0 aromatic rings. The summed E-state index contributed by atoms with van der Waals surface area (Å²) in [6.07, 6.45) is 2.75. The Morgan fingerprint density at radius 3 is 2.25 bits per heavy atom. The molecule has 0 aliphatic carbocycles. The highest BCUT2D eigenvalue weighted by atomic mass is 16.3. The lowest BCUT2D eigenvalue weighted by atomic mass is 9.89. The van der Waals surface area contributed by atoms with Crippen molar-refractivity contribution in [3.05, 3.63) is 12.7 Å². The van der Waals surface area contributed by atoms with E-state index in [0.717, 1.165) is 6.42 Å². The van der Waals surface area contributed by atoms with Crippen LogP contribution in [0.4, 0.5) is 0 Å². The summed E-state index contributed by atoms with van der Waals surface area (Å²) >= 11 is 0. The number of hydrogen-bond acceptors (Lipinski definition) is 1. The van der Waals surface area contributed by atoms with Gasteiger partial charge in [-0.15, -0.1) is 6.58 Å². The molecule has 8 heavy (non-hydrogen) atoms. The minimum Gasteiger partial charge on any atom is -0.395 e. The fourth-order valence-electron chi connectivity index (χ4n) is 0.321. The molecule has 0 aliphatic heterocycles. The monoisotopic (exact) mass is 114 g/mol. The maximum absolute atomic E-state index is 8.71. The van der Waals surface area contributed by atoms with Gasteiger partial charge in [0.25, 0.3) is 0 Å². The van der Waals surface area contributed by atoms with E-state index in [0.29, 0.717) is 0 Å². The van der Waals surface area contributed by atoms with Crippen LogP contribution in [0, 0.1) is 5.41 Å². The summed E-state index contributed by atoms with van der Waals surface area (Å²) in [6.45, 7) is 7.84. The zero-order chi connectivity index (χ0) is 6.62. The van der Waals surface area contributed by atoms with E-state index in [2.05, 4.69) is 6.58 Å². The Bertz CT molecular complexity index is 72.5. The average Bonchev–Trinajstić information content (AvgIpc) is 1.87. The SMILES string of the molecule is C=C[C@@](C)(CC)CO. The van der Waals surface area contributed by atoms with Crippen molar-refractivity contribution in [3.8, 4) is 0 Å². The number of aliphatic hydroxyl groups is 1. The zero-order valence-electron chi connectivity index (χ0n) is 5.65. The molecule has 0 amide bonds. The molecule has 0 unspecified atom stereocenters. The van der Waals surface area contributed by atoms with E-state index in [1.165, 1.54) is 0 Å². The van der Waals surface area contributed by atoms with Crippen LogP contribution in [-0.4, -0.2) is 11.7 Å². The van der Waals surface area contributed by atoms with Crippen LogP contribution in [0.25, 0.3) is 0 Å². The quantitative estimate of drug-likeness (QED) is 0.552. The Morgan fingerprint density at radius 2 is 2.25 bits per heavy atom. The van der Waals surface area contributed by atoms with Crippen molar-refractivity contribution in [2.24, 2.45) is 5.41 Å². The van der Waals surface area contributed by atoms with E-state index in [-0.39, 0.29) is 12.0 Å². The lowest BCUT2D eigenvalue weighted by Crippen LogP contribution is -2.15. The van der Waals surface area contributed by atoms with Gasteiger partial charge in [-0.2, -0.15) is 0 Å². The first-order valence-corrected chi connectivity index (χ1v) is 2.93. The molecule has 1 atom stereocenters. The molecule has 0 aliphatic rings. The van der Waals surface area contributed by atoms with Gasteiger partial charge in [-0.05, 0) is 6.42 Å². The zero-order valence-corrected chi connectivity index (χ0v) is 5.65. The van der Waals surface area contributed by atoms with Crippen molar-refractivity contribution in [1.29, 1.82) is 0 Å². The lowest BCUT2D eigenvalue weighted by Gasteiger charge is -2.19. The van der Waals surface area contributed by atoms with Gasteiger partial charge in [0.1, 0.15) is 0 Å². The van der Waals surface area contributed by atoms with Crippen LogP contribution in [-0.2, 0) is 0 Å². The van der Waals surface area contributed by atoms with Crippen LogP contribution in [0.3, 0.4) is 0 Å². The van der Waals surface area contributed by atoms with E-state index in [1.54, 1.807) is 6.08 Å². The smallest absolute Gasteiger partial charge is 0.0519 e. The van der Waals surface area contributed by atoms with Crippen molar-refractivity contribution in [2.75, 3.05) is 6.61 Å². The van der Waals surface area contributed by atoms with E-state index < -0.39 is 0 Å². The van der Waals surface area contributed by atoms with Gasteiger partial charge in [0, 0.05) is 5.41 Å². The van der Waals surface area contributed by atoms with Gasteiger partial charge in [-0.1, -0.05) is 19.9 Å². The second-order valence-electron chi connectivity index (χ2n) is 2.37. The predicted octanol–water partition coefficient (Wildman–Crippen LogP) is 1.58. The van der Waals surface area contributed by atoms with Gasteiger partial charge in [-0.3, -0.25) is 0 Å². The molecule has 0 spiro atoms. The third-order valence-corrected chi connectivity index (χ3v) is 1.66. The van der Waals surface area contributed by atoms with Crippen molar-refractivity contribution < 1.29 is 5.11 Å². The summed E-state index contributed by atoms with van der Waals surface area (Å²) in [5, 5.41) is 8.71. The standard InChI is InChI=1S/C7H14O/c1-4-7(3,5-2)6-8/h4,8H,1,5-6H2,2-3H3/t7-/m0/s1. The molecule has 1 N–H and O–H groups in total. The van der Waals surface area contributed by atoms with Crippen LogP contribution in [0.15, 0.2) is 12.7 Å². The summed E-state index contributed by atoms with van der Waals surface area (Å²) in [5.74, 6) is 0. The second kappa shape index (κ2) is 2.88. The number of aliphatic hydroxyl groups excluding tert-OH is 1. The summed E-state index contributed by atoms with van der Waals surface area (Å²) in [7, 11) is 0. The fourth-order valence-corrected chi connectivity index (χ4v) is 0.321. The van der Waals surface area contributed by atoms with Gasteiger partial charge >= 0.3 is 0 Å². The first-order chi connectivity index (χ1) is 3.68. The maximum Gasteiger partial charge on any atom is 0.0519 e. The summed E-state index contributed by atoms with van der Waals surface area (Å²) < 4.78 is 0. The second-order valence-corrected chi connectivity index (χ2v) is 2.37. The maximum atomic E-state index is 8.71. The Morgan fingerprint density at radius 1 is 1.75 bits per heavy atom. The molecule has 0 fully saturated rings. The van der Waals surface area contributed by atoms with E-state index in [9.17, 15) is 0 Å². The van der Waals surface area contributed by atoms with Crippen molar-refractivity contribution in [1.82, 2.24) is 0 Å². The molecule has 1 heteroatoms. The molecule has 48 valence electrons. The van der Waals surface area contributed by atoms with Crippen LogP contribution in [0.5, 0.6) is 0 Å². The van der Waals surface area contributed by atoms with Crippen LogP contribution < -0.4 is 0 Å². The van der Waals surface area contributed by atoms with Gasteiger partial charge in [0.2, 0.25) is 0 Å². The van der Waals surface area contributed by atoms with E-state index >= 15 is 0 Å². The largest absolute Gasteiger partial charge is 0.395 e. The molecule has 0 saturated heterocycles. The van der Waals surface area contributed by atoms with Gasteiger partial charge in [0.05, 0.1) is 6.61 Å². The van der Waals surface area contributed by atoms with Crippen LogP contribution in [0.2, 0.25) is 0 Å². The molecule has 0 rings (SSSR count). The minimum atomic E-state index is -0.0556. The average molecular weight is 114 g/mol. The third-order valence-electron chi connectivity index (χ3n) is 1.66.